The Morgan fingerprint density at radius 3 is 2.71 bits per heavy atom. The molecule has 118 valence electrons. The van der Waals surface area contributed by atoms with E-state index in [1.165, 1.54) is 0 Å². The van der Waals surface area contributed by atoms with Gasteiger partial charge in [0.1, 0.15) is 0 Å². The molecule has 0 saturated carbocycles. The third kappa shape index (κ3) is 5.10. The fourth-order valence-corrected chi connectivity index (χ4v) is 2.08. The Kier molecular flexibility index (Phi) is 7.32. The smallest absolute Gasteiger partial charge is 0.224 e. The number of ether oxygens (including phenoxy) is 2. The van der Waals surface area contributed by atoms with E-state index in [-0.39, 0.29) is 24.2 Å². The minimum atomic E-state index is -0.0413. The van der Waals surface area contributed by atoms with Crippen molar-refractivity contribution < 1.29 is 14.3 Å². The minimum Gasteiger partial charge on any atom is -0.490 e. The first-order chi connectivity index (χ1) is 9.70. The molecule has 6 heteroatoms. The van der Waals surface area contributed by atoms with Crippen LogP contribution in [0.4, 0.5) is 0 Å². The summed E-state index contributed by atoms with van der Waals surface area (Å²) in [5, 5.41) is 5.93. The van der Waals surface area contributed by atoms with Crippen molar-refractivity contribution in [1.29, 1.82) is 0 Å². The number of amides is 1. The second-order valence-corrected chi connectivity index (χ2v) is 5.01. The zero-order chi connectivity index (χ0) is 14.4. The van der Waals surface area contributed by atoms with Crippen LogP contribution < -0.4 is 20.1 Å². The van der Waals surface area contributed by atoms with Crippen molar-refractivity contribution in [2.24, 2.45) is 5.92 Å². The first kappa shape index (κ1) is 17.6. The highest BCUT2D eigenvalue weighted by Crippen LogP contribution is 2.30. The van der Waals surface area contributed by atoms with Crippen molar-refractivity contribution in [3.63, 3.8) is 0 Å². The topological polar surface area (TPSA) is 59.6 Å². The summed E-state index contributed by atoms with van der Waals surface area (Å²) in [4.78, 5) is 11.8. The minimum absolute atomic E-state index is 0. The first-order valence-electron chi connectivity index (χ1n) is 7.01. The zero-order valence-electron chi connectivity index (χ0n) is 12.5. The molecule has 1 aliphatic rings. The van der Waals surface area contributed by atoms with Gasteiger partial charge in [0.05, 0.1) is 13.2 Å². The molecular formula is C15H23ClN2O3. The second-order valence-electron chi connectivity index (χ2n) is 5.01. The fraction of sp³-hybridized carbons (Fsp3) is 0.533. The van der Waals surface area contributed by atoms with Gasteiger partial charge in [-0.05, 0) is 24.7 Å². The Bertz CT molecular complexity index is 468. The summed E-state index contributed by atoms with van der Waals surface area (Å²) in [6.07, 6.45) is 0.891. The average Bonchev–Trinajstić information content (AvgIpc) is 2.69. The van der Waals surface area contributed by atoms with Crippen molar-refractivity contribution in [2.45, 2.75) is 19.9 Å². The number of nitrogens with one attached hydrogen (secondary N) is 2. The van der Waals surface area contributed by atoms with Crippen LogP contribution in [0, 0.1) is 5.92 Å². The van der Waals surface area contributed by atoms with E-state index in [1.807, 2.05) is 32.2 Å². The molecule has 0 aliphatic carbocycles. The van der Waals surface area contributed by atoms with E-state index in [2.05, 4.69) is 10.6 Å². The Labute approximate surface area is 131 Å². The van der Waals surface area contributed by atoms with Crippen LogP contribution in [0.2, 0.25) is 0 Å². The van der Waals surface area contributed by atoms with Crippen molar-refractivity contribution >= 4 is 18.3 Å². The number of benzene rings is 1. The normalized spacial score (nSPS) is 14.6. The lowest BCUT2D eigenvalue weighted by Crippen LogP contribution is -2.33. The van der Waals surface area contributed by atoms with Crippen LogP contribution in [0.25, 0.3) is 0 Å². The quantitative estimate of drug-likeness (QED) is 0.869. The lowest BCUT2D eigenvalue weighted by molar-refractivity contribution is -0.124. The van der Waals surface area contributed by atoms with Crippen molar-refractivity contribution in [2.75, 3.05) is 26.8 Å². The molecule has 0 aromatic heterocycles. The maximum absolute atomic E-state index is 11.8. The predicted molar refractivity (Wildman–Crippen MR) is 84.2 cm³/mol. The van der Waals surface area contributed by atoms with Crippen molar-refractivity contribution in [3.8, 4) is 11.5 Å². The first-order valence-corrected chi connectivity index (χ1v) is 7.01. The molecule has 1 atom stereocenters. The van der Waals surface area contributed by atoms with E-state index < -0.39 is 0 Å². The third-order valence-electron chi connectivity index (χ3n) is 3.24. The van der Waals surface area contributed by atoms with Crippen molar-refractivity contribution in [1.82, 2.24) is 10.6 Å². The molecule has 0 radical (unpaired) electrons. The van der Waals surface area contributed by atoms with E-state index in [0.29, 0.717) is 26.3 Å². The van der Waals surface area contributed by atoms with E-state index in [4.69, 9.17) is 9.47 Å². The van der Waals surface area contributed by atoms with Gasteiger partial charge >= 0.3 is 0 Å². The van der Waals surface area contributed by atoms with Crippen LogP contribution in [0.1, 0.15) is 18.9 Å². The Morgan fingerprint density at radius 1 is 1.29 bits per heavy atom. The molecular weight excluding hydrogens is 292 g/mol. The Hall–Kier alpha value is -1.46. The highest BCUT2D eigenvalue weighted by Gasteiger charge is 2.13. The maximum Gasteiger partial charge on any atom is 0.224 e. The molecule has 1 aromatic rings. The molecule has 1 heterocycles. The highest BCUT2D eigenvalue weighted by molar-refractivity contribution is 5.85. The number of carbonyl (C=O) groups is 1. The number of carbonyl (C=O) groups excluding carboxylic acids is 1. The van der Waals surface area contributed by atoms with E-state index in [1.54, 1.807) is 0 Å². The van der Waals surface area contributed by atoms with Gasteiger partial charge in [-0.1, -0.05) is 13.0 Å². The van der Waals surface area contributed by atoms with Crippen LogP contribution in [0.5, 0.6) is 11.5 Å². The standard InChI is InChI=1S/C15H22N2O3.ClH/c1-11(9-16-2)15(18)17-10-12-4-5-13-14(8-12)20-7-3-6-19-13;/h4-5,8,11,16H,3,6-7,9-10H2,1-2H3,(H,17,18);1H. The number of halogens is 1. The average molecular weight is 315 g/mol. The van der Waals surface area contributed by atoms with Gasteiger partial charge in [-0.3, -0.25) is 4.79 Å². The van der Waals surface area contributed by atoms with Gasteiger partial charge in [-0.2, -0.15) is 0 Å². The maximum atomic E-state index is 11.8. The van der Waals surface area contributed by atoms with Crippen LogP contribution in [-0.2, 0) is 11.3 Å². The second kappa shape index (κ2) is 8.74. The number of rotatable bonds is 5. The SMILES string of the molecule is CNCC(C)C(=O)NCc1ccc2c(c1)OCCCO2.Cl. The van der Waals surface area contributed by atoms with E-state index >= 15 is 0 Å². The number of hydrogen-bond acceptors (Lipinski definition) is 4. The molecule has 5 nitrogen and oxygen atoms in total. The summed E-state index contributed by atoms with van der Waals surface area (Å²) in [5.41, 5.74) is 1.01. The molecule has 21 heavy (non-hydrogen) atoms. The summed E-state index contributed by atoms with van der Waals surface area (Å²) >= 11 is 0. The lowest BCUT2D eigenvalue weighted by Gasteiger charge is -2.13. The van der Waals surface area contributed by atoms with E-state index in [0.717, 1.165) is 23.5 Å². The monoisotopic (exact) mass is 314 g/mol. The van der Waals surface area contributed by atoms with Gasteiger partial charge < -0.3 is 20.1 Å². The Morgan fingerprint density at radius 2 is 2.00 bits per heavy atom. The molecule has 1 aromatic carbocycles. The summed E-state index contributed by atoms with van der Waals surface area (Å²) in [5.74, 6) is 1.55. The fourth-order valence-electron chi connectivity index (χ4n) is 2.08. The molecule has 0 bridgehead atoms. The molecule has 0 spiro atoms. The van der Waals surface area contributed by atoms with Crippen LogP contribution >= 0.6 is 12.4 Å². The predicted octanol–water partition coefficient (Wildman–Crippen LogP) is 1.74. The summed E-state index contributed by atoms with van der Waals surface area (Å²) in [7, 11) is 1.84. The number of hydrogen-bond donors (Lipinski definition) is 2. The van der Waals surface area contributed by atoms with Gasteiger partial charge in [-0.15, -0.1) is 12.4 Å². The van der Waals surface area contributed by atoms with Gasteiger partial charge in [0.15, 0.2) is 11.5 Å². The molecule has 2 N–H and O–H groups in total. The lowest BCUT2D eigenvalue weighted by atomic mass is 10.1. The Balaban J connectivity index is 0.00000220. The molecule has 2 rings (SSSR count). The third-order valence-corrected chi connectivity index (χ3v) is 3.24. The van der Waals surface area contributed by atoms with Gasteiger partial charge in [0.2, 0.25) is 5.91 Å². The molecule has 1 unspecified atom stereocenters. The van der Waals surface area contributed by atoms with Crippen LogP contribution in [0.15, 0.2) is 18.2 Å². The summed E-state index contributed by atoms with van der Waals surface area (Å²) in [6.45, 7) is 4.43. The highest BCUT2D eigenvalue weighted by atomic mass is 35.5. The largest absolute Gasteiger partial charge is 0.490 e. The van der Waals surface area contributed by atoms with Crippen LogP contribution in [0.3, 0.4) is 0 Å². The zero-order valence-corrected chi connectivity index (χ0v) is 13.3. The van der Waals surface area contributed by atoms with Gasteiger partial charge in [0, 0.05) is 25.4 Å². The van der Waals surface area contributed by atoms with Gasteiger partial charge in [0.25, 0.3) is 0 Å². The van der Waals surface area contributed by atoms with E-state index in [9.17, 15) is 4.79 Å². The molecule has 0 saturated heterocycles. The molecule has 1 aliphatic heterocycles. The molecule has 0 fully saturated rings. The summed E-state index contributed by atoms with van der Waals surface area (Å²) < 4.78 is 11.2. The van der Waals surface area contributed by atoms with Crippen LogP contribution in [-0.4, -0.2) is 32.7 Å². The number of fused-ring (bicyclic) bond motifs is 1. The van der Waals surface area contributed by atoms with Gasteiger partial charge in [-0.25, -0.2) is 0 Å². The summed E-state index contributed by atoms with van der Waals surface area (Å²) in [6, 6.07) is 5.79. The van der Waals surface area contributed by atoms with Crippen molar-refractivity contribution in [3.05, 3.63) is 23.8 Å². The molecule has 1 amide bonds.